The molecule has 0 amide bonds. The van der Waals surface area contributed by atoms with Crippen molar-refractivity contribution in [2.24, 2.45) is 0 Å². The average molecular weight is 341 g/mol. The number of benzene rings is 1. The standard InChI is InChI=1S/C12H14BrFN6/c1-15-10-17-11(19-12(18-10)20(2)3)16-9-6-7(13)4-5-8(9)14/h4-6H,1-3H3,(H2,15,16,17,18,19). The van der Waals surface area contributed by atoms with Crippen molar-refractivity contribution < 1.29 is 4.39 Å². The van der Waals surface area contributed by atoms with Gasteiger partial charge in [-0.15, -0.1) is 0 Å². The molecule has 0 atom stereocenters. The molecule has 1 aromatic carbocycles. The van der Waals surface area contributed by atoms with Crippen LogP contribution < -0.4 is 15.5 Å². The van der Waals surface area contributed by atoms with E-state index in [0.29, 0.717) is 11.9 Å². The van der Waals surface area contributed by atoms with Crippen molar-refractivity contribution in [3.8, 4) is 0 Å². The molecule has 0 radical (unpaired) electrons. The highest BCUT2D eigenvalue weighted by Crippen LogP contribution is 2.23. The first-order valence-corrected chi connectivity index (χ1v) is 6.62. The fraction of sp³-hybridized carbons (Fsp3) is 0.250. The largest absolute Gasteiger partial charge is 0.357 e. The Labute approximate surface area is 124 Å². The Morgan fingerprint density at radius 3 is 2.50 bits per heavy atom. The maximum absolute atomic E-state index is 13.7. The molecule has 0 unspecified atom stereocenters. The van der Waals surface area contributed by atoms with Gasteiger partial charge in [-0.1, -0.05) is 15.9 Å². The summed E-state index contributed by atoms with van der Waals surface area (Å²) >= 11 is 3.30. The summed E-state index contributed by atoms with van der Waals surface area (Å²) in [6.07, 6.45) is 0. The number of aromatic nitrogens is 3. The molecule has 6 nitrogen and oxygen atoms in total. The SMILES string of the molecule is CNc1nc(Nc2cc(Br)ccc2F)nc(N(C)C)n1. The number of hydrogen-bond donors (Lipinski definition) is 2. The lowest BCUT2D eigenvalue weighted by atomic mass is 10.3. The highest BCUT2D eigenvalue weighted by atomic mass is 79.9. The molecular formula is C12H14BrFN6. The molecule has 0 saturated heterocycles. The molecule has 20 heavy (non-hydrogen) atoms. The molecule has 2 N–H and O–H groups in total. The Morgan fingerprint density at radius 2 is 1.85 bits per heavy atom. The summed E-state index contributed by atoms with van der Waals surface area (Å²) in [5.74, 6) is 0.764. The summed E-state index contributed by atoms with van der Waals surface area (Å²) in [5.41, 5.74) is 0.289. The van der Waals surface area contributed by atoms with Crippen molar-refractivity contribution in [3.05, 3.63) is 28.5 Å². The van der Waals surface area contributed by atoms with Crippen LogP contribution in [0.25, 0.3) is 0 Å². The molecule has 0 fully saturated rings. The van der Waals surface area contributed by atoms with Crippen LogP contribution in [0.4, 0.5) is 27.9 Å². The average Bonchev–Trinajstić information content (AvgIpc) is 2.42. The van der Waals surface area contributed by atoms with Crippen molar-refractivity contribution in [1.82, 2.24) is 15.0 Å². The van der Waals surface area contributed by atoms with E-state index in [1.54, 1.807) is 24.1 Å². The number of nitrogens with one attached hydrogen (secondary N) is 2. The van der Waals surface area contributed by atoms with E-state index >= 15 is 0 Å². The van der Waals surface area contributed by atoms with Crippen LogP contribution in [0, 0.1) is 5.82 Å². The third-order valence-electron chi connectivity index (χ3n) is 2.42. The molecule has 0 aliphatic heterocycles. The molecule has 1 heterocycles. The Balaban J connectivity index is 2.37. The van der Waals surface area contributed by atoms with E-state index < -0.39 is 0 Å². The Kier molecular flexibility index (Phi) is 4.33. The third kappa shape index (κ3) is 3.32. The van der Waals surface area contributed by atoms with Gasteiger partial charge < -0.3 is 15.5 Å². The van der Waals surface area contributed by atoms with Gasteiger partial charge in [-0.2, -0.15) is 15.0 Å². The summed E-state index contributed by atoms with van der Waals surface area (Å²) < 4.78 is 14.5. The zero-order chi connectivity index (χ0) is 14.7. The van der Waals surface area contributed by atoms with Crippen LogP contribution >= 0.6 is 15.9 Å². The van der Waals surface area contributed by atoms with Crippen LogP contribution in [0.3, 0.4) is 0 Å². The van der Waals surface area contributed by atoms with E-state index in [2.05, 4.69) is 41.5 Å². The molecule has 2 aromatic rings. The maximum atomic E-state index is 13.7. The normalized spacial score (nSPS) is 10.2. The molecule has 1 aromatic heterocycles. The van der Waals surface area contributed by atoms with E-state index in [1.165, 1.54) is 6.07 Å². The van der Waals surface area contributed by atoms with Crippen LogP contribution in [0.15, 0.2) is 22.7 Å². The monoisotopic (exact) mass is 340 g/mol. The van der Waals surface area contributed by atoms with Gasteiger partial charge in [-0.3, -0.25) is 0 Å². The van der Waals surface area contributed by atoms with E-state index in [1.807, 2.05) is 14.1 Å². The third-order valence-corrected chi connectivity index (χ3v) is 2.92. The van der Waals surface area contributed by atoms with Gasteiger partial charge in [0.1, 0.15) is 5.82 Å². The van der Waals surface area contributed by atoms with Crippen molar-refractivity contribution in [2.75, 3.05) is 36.7 Å². The first kappa shape index (κ1) is 14.4. The van der Waals surface area contributed by atoms with Gasteiger partial charge in [0, 0.05) is 25.6 Å². The lowest BCUT2D eigenvalue weighted by Crippen LogP contribution is -2.15. The zero-order valence-corrected chi connectivity index (χ0v) is 12.9. The molecule has 8 heteroatoms. The summed E-state index contributed by atoms with van der Waals surface area (Å²) in [7, 11) is 5.34. The van der Waals surface area contributed by atoms with Crippen molar-refractivity contribution in [2.45, 2.75) is 0 Å². The van der Waals surface area contributed by atoms with Gasteiger partial charge in [0.15, 0.2) is 0 Å². The number of rotatable bonds is 4. The Bertz CT molecular complexity index is 619. The van der Waals surface area contributed by atoms with Gasteiger partial charge in [0.05, 0.1) is 5.69 Å². The Hall–Kier alpha value is -1.96. The molecule has 0 bridgehead atoms. The molecule has 106 valence electrons. The van der Waals surface area contributed by atoms with E-state index in [-0.39, 0.29) is 17.5 Å². The summed E-state index contributed by atoms with van der Waals surface area (Å²) in [6.45, 7) is 0. The van der Waals surface area contributed by atoms with Crippen LogP contribution in [-0.4, -0.2) is 36.1 Å². The topological polar surface area (TPSA) is 66.0 Å². The first-order chi connectivity index (χ1) is 9.49. The van der Waals surface area contributed by atoms with Gasteiger partial charge in [-0.05, 0) is 18.2 Å². The number of nitrogens with zero attached hydrogens (tertiary/aromatic N) is 4. The minimum atomic E-state index is -0.383. The van der Waals surface area contributed by atoms with Crippen LogP contribution in [0.2, 0.25) is 0 Å². The van der Waals surface area contributed by atoms with Gasteiger partial charge >= 0.3 is 0 Å². The van der Waals surface area contributed by atoms with Crippen LogP contribution in [0.5, 0.6) is 0 Å². The first-order valence-electron chi connectivity index (χ1n) is 5.83. The quantitative estimate of drug-likeness (QED) is 0.891. The second-order valence-electron chi connectivity index (χ2n) is 4.18. The second-order valence-corrected chi connectivity index (χ2v) is 5.09. The highest BCUT2D eigenvalue weighted by molar-refractivity contribution is 9.10. The molecular weight excluding hydrogens is 327 g/mol. The van der Waals surface area contributed by atoms with Crippen molar-refractivity contribution in [3.63, 3.8) is 0 Å². The minimum Gasteiger partial charge on any atom is -0.357 e. The minimum absolute atomic E-state index is 0.269. The summed E-state index contributed by atoms with van der Waals surface area (Å²) in [6, 6.07) is 4.60. The van der Waals surface area contributed by atoms with Crippen molar-refractivity contribution >= 4 is 39.5 Å². The van der Waals surface area contributed by atoms with E-state index in [9.17, 15) is 4.39 Å². The molecule has 0 aliphatic carbocycles. The van der Waals surface area contributed by atoms with Crippen molar-refractivity contribution in [1.29, 1.82) is 0 Å². The zero-order valence-electron chi connectivity index (χ0n) is 11.3. The molecule has 0 spiro atoms. The highest BCUT2D eigenvalue weighted by Gasteiger charge is 2.10. The smallest absolute Gasteiger partial charge is 0.233 e. The Morgan fingerprint density at radius 1 is 1.15 bits per heavy atom. The second kappa shape index (κ2) is 6.00. The van der Waals surface area contributed by atoms with E-state index in [4.69, 9.17) is 0 Å². The number of halogens is 2. The maximum Gasteiger partial charge on any atom is 0.233 e. The van der Waals surface area contributed by atoms with Gasteiger partial charge in [-0.25, -0.2) is 4.39 Å². The summed E-state index contributed by atoms with van der Waals surface area (Å²) in [5, 5.41) is 5.69. The van der Waals surface area contributed by atoms with Gasteiger partial charge in [0.25, 0.3) is 0 Å². The fourth-order valence-corrected chi connectivity index (χ4v) is 1.81. The molecule has 0 aliphatic rings. The van der Waals surface area contributed by atoms with E-state index in [0.717, 1.165) is 4.47 Å². The van der Waals surface area contributed by atoms with Crippen LogP contribution in [-0.2, 0) is 0 Å². The predicted octanol–water partition coefficient (Wildman–Crippen LogP) is 2.62. The predicted molar refractivity (Wildman–Crippen MR) is 81.1 cm³/mol. The number of anilines is 4. The molecule has 0 saturated carbocycles. The number of hydrogen-bond acceptors (Lipinski definition) is 6. The lowest BCUT2D eigenvalue weighted by molar-refractivity contribution is 0.631. The van der Waals surface area contributed by atoms with Crippen LogP contribution in [0.1, 0.15) is 0 Å². The fourth-order valence-electron chi connectivity index (χ4n) is 1.45. The summed E-state index contributed by atoms with van der Waals surface area (Å²) in [4.78, 5) is 14.3. The van der Waals surface area contributed by atoms with Gasteiger partial charge in [0.2, 0.25) is 17.8 Å². The lowest BCUT2D eigenvalue weighted by Gasteiger charge is -2.13. The molecule has 2 rings (SSSR count).